The van der Waals surface area contributed by atoms with Gasteiger partial charge in [-0.15, -0.1) is 0 Å². The van der Waals surface area contributed by atoms with Crippen LogP contribution in [0.3, 0.4) is 0 Å². The summed E-state index contributed by atoms with van der Waals surface area (Å²) in [6.45, 7) is 0. The van der Waals surface area contributed by atoms with Gasteiger partial charge in [-0.3, -0.25) is 9.59 Å². The van der Waals surface area contributed by atoms with E-state index in [4.69, 9.17) is 4.42 Å². The number of hydrogen-bond donors (Lipinski definition) is 2. The molecule has 3 rings (SSSR count). The van der Waals surface area contributed by atoms with E-state index in [1.807, 2.05) is 6.07 Å². The van der Waals surface area contributed by atoms with Gasteiger partial charge in [-0.2, -0.15) is 5.10 Å². The van der Waals surface area contributed by atoms with Crippen molar-refractivity contribution in [2.75, 3.05) is 5.32 Å². The van der Waals surface area contributed by atoms with Crippen LogP contribution in [0.4, 0.5) is 5.69 Å². The van der Waals surface area contributed by atoms with Crippen molar-refractivity contribution in [1.29, 1.82) is 0 Å². The van der Waals surface area contributed by atoms with Crippen LogP contribution in [0.5, 0.6) is 0 Å². The Kier molecular flexibility index (Phi) is 5.60. The standard InChI is InChI=1S/C19H14BrN3O3/c20-15-6-1-4-13(10-15)18(24)22-16-7-2-5-14(11-16)19(25)23-21-12-17-8-3-9-26-17/h1-12H,(H,22,24)(H,23,25)/b21-12-. The van der Waals surface area contributed by atoms with Crippen molar-refractivity contribution in [3.05, 3.63) is 88.3 Å². The van der Waals surface area contributed by atoms with E-state index in [1.54, 1.807) is 54.6 Å². The molecule has 0 aliphatic rings. The lowest BCUT2D eigenvalue weighted by Gasteiger charge is -2.07. The third-order valence-corrected chi connectivity index (χ3v) is 3.86. The molecule has 2 amide bonds. The average molecular weight is 412 g/mol. The molecule has 6 nitrogen and oxygen atoms in total. The molecule has 0 aliphatic heterocycles. The summed E-state index contributed by atoms with van der Waals surface area (Å²) >= 11 is 3.33. The molecule has 0 saturated carbocycles. The molecule has 2 N–H and O–H groups in total. The van der Waals surface area contributed by atoms with Crippen LogP contribution in [0.1, 0.15) is 26.5 Å². The minimum Gasteiger partial charge on any atom is -0.463 e. The number of nitrogens with zero attached hydrogens (tertiary/aromatic N) is 1. The predicted octanol–water partition coefficient (Wildman–Crippen LogP) is 4.06. The average Bonchev–Trinajstić information content (AvgIpc) is 3.15. The molecular weight excluding hydrogens is 398 g/mol. The maximum Gasteiger partial charge on any atom is 0.271 e. The van der Waals surface area contributed by atoms with Crippen LogP contribution in [-0.2, 0) is 0 Å². The fraction of sp³-hybridized carbons (Fsp3) is 0. The van der Waals surface area contributed by atoms with E-state index in [9.17, 15) is 9.59 Å². The van der Waals surface area contributed by atoms with E-state index >= 15 is 0 Å². The first-order valence-electron chi connectivity index (χ1n) is 7.66. The minimum atomic E-state index is -0.397. The summed E-state index contributed by atoms with van der Waals surface area (Å²) in [5, 5.41) is 6.59. The van der Waals surface area contributed by atoms with Crippen LogP contribution >= 0.6 is 15.9 Å². The maximum absolute atomic E-state index is 12.3. The lowest BCUT2D eigenvalue weighted by molar-refractivity contribution is 0.0953. The van der Waals surface area contributed by atoms with Crippen LogP contribution in [0.2, 0.25) is 0 Å². The van der Waals surface area contributed by atoms with Crippen LogP contribution in [0.15, 0.2) is 80.9 Å². The highest BCUT2D eigenvalue weighted by Gasteiger charge is 2.09. The van der Waals surface area contributed by atoms with Gasteiger partial charge >= 0.3 is 0 Å². The lowest BCUT2D eigenvalue weighted by Crippen LogP contribution is -2.18. The molecule has 7 heteroatoms. The van der Waals surface area contributed by atoms with Gasteiger partial charge in [0.15, 0.2) is 0 Å². The summed E-state index contributed by atoms with van der Waals surface area (Å²) < 4.78 is 5.90. The van der Waals surface area contributed by atoms with Gasteiger partial charge < -0.3 is 9.73 Å². The Morgan fingerprint density at radius 1 is 0.962 bits per heavy atom. The smallest absolute Gasteiger partial charge is 0.271 e. The number of hydrogen-bond acceptors (Lipinski definition) is 4. The third kappa shape index (κ3) is 4.67. The van der Waals surface area contributed by atoms with E-state index in [-0.39, 0.29) is 5.91 Å². The van der Waals surface area contributed by atoms with Gasteiger partial charge in [-0.25, -0.2) is 5.43 Å². The van der Waals surface area contributed by atoms with E-state index < -0.39 is 5.91 Å². The highest BCUT2D eigenvalue weighted by Crippen LogP contribution is 2.15. The molecule has 26 heavy (non-hydrogen) atoms. The number of amides is 2. The largest absolute Gasteiger partial charge is 0.463 e. The summed E-state index contributed by atoms with van der Waals surface area (Å²) in [5.41, 5.74) is 3.80. The second kappa shape index (κ2) is 8.26. The number of benzene rings is 2. The number of rotatable bonds is 5. The Hall–Kier alpha value is -3.19. The first-order chi connectivity index (χ1) is 12.6. The highest BCUT2D eigenvalue weighted by atomic mass is 79.9. The monoisotopic (exact) mass is 411 g/mol. The van der Waals surface area contributed by atoms with Crippen molar-refractivity contribution in [3.63, 3.8) is 0 Å². The minimum absolute atomic E-state index is 0.264. The van der Waals surface area contributed by atoms with E-state index in [2.05, 4.69) is 31.8 Å². The SMILES string of the molecule is O=C(N/N=C\c1ccco1)c1cccc(NC(=O)c2cccc(Br)c2)c1. The van der Waals surface area contributed by atoms with Gasteiger partial charge in [0.2, 0.25) is 0 Å². The molecule has 0 unspecified atom stereocenters. The molecule has 0 saturated heterocycles. The van der Waals surface area contributed by atoms with Crippen molar-refractivity contribution < 1.29 is 14.0 Å². The summed E-state index contributed by atoms with van der Waals surface area (Å²) in [4.78, 5) is 24.4. The number of carbonyl (C=O) groups is 2. The fourth-order valence-electron chi connectivity index (χ4n) is 2.15. The van der Waals surface area contributed by atoms with E-state index in [0.717, 1.165) is 4.47 Å². The van der Waals surface area contributed by atoms with Gasteiger partial charge in [0.25, 0.3) is 11.8 Å². The van der Waals surface area contributed by atoms with Crippen molar-refractivity contribution in [2.45, 2.75) is 0 Å². The zero-order valence-corrected chi connectivity index (χ0v) is 15.1. The number of carbonyl (C=O) groups excluding carboxylic acids is 2. The van der Waals surface area contributed by atoms with Gasteiger partial charge in [0.05, 0.1) is 12.5 Å². The summed E-state index contributed by atoms with van der Waals surface area (Å²) in [7, 11) is 0. The molecule has 1 heterocycles. The molecule has 0 radical (unpaired) electrons. The normalized spacial score (nSPS) is 10.7. The Bertz CT molecular complexity index is 952. The van der Waals surface area contributed by atoms with Crippen LogP contribution < -0.4 is 10.7 Å². The van der Waals surface area contributed by atoms with Crippen LogP contribution in [0, 0.1) is 0 Å². The molecule has 0 atom stereocenters. The maximum atomic E-state index is 12.3. The molecule has 0 aliphatic carbocycles. The second-order valence-electron chi connectivity index (χ2n) is 5.26. The Balaban J connectivity index is 1.65. The fourth-order valence-corrected chi connectivity index (χ4v) is 2.55. The van der Waals surface area contributed by atoms with Gasteiger partial charge in [0.1, 0.15) is 5.76 Å². The van der Waals surface area contributed by atoms with Crippen LogP contribution in [0.25, 0.3) is 0 Å². The lowest BCUT2D eigenvalue weighted by atomic mass is 10.1. The van der Waals surface area contributed by atoms with Gasteiger partial charge in [0, 0.05) is 21.3 Å². The second-order valence-corrected chi connectivity index (χ2v) is 6.18. The molecule has 3 aromatic rings. The first-order valence-corrected chi connectivity index (χ1v) is 8.45. The van der Waals surface area contributed by atoms with Gasteiger partial charge in [-0.05, 0) is 48.5 Å². The number of anilines is 1. The van der Waals surface area contributed by atoms with Crippen molar-refractivity contribution >= 4 is 39.6 Å². The zero-order valence-electron chi connectivity index (χ0n) is 13.5. The molecule has 2 aromatic carbocycles. The molecular formula is C19H14BrN3O3. The molecule has 1 aromatic heterocycles. The topological polar surface area (TPSA) is 83.7 Å². The Morgan fingerprint density at radius 2 is 1.73 bits per heavy atom. The summed E-state index contributed by atoms with van der Waals surface area (Å²) in [5.74, 6) is -0.133. The van der Waals surface area contributed by atoms with Crippen molar-refractivity contribution in [1.82, 2.24) is 5.43 Å². The summed E-state index contributed by atoms with van der Waals surface area (Å²) in [6.07, 6.45) is 2.91. The van der Waals surface area contributed by atoms with E-state index in [1.165, 1.54) is 12.5 Å². The predicted molar refractivity (Wildman–Crippen MR) is 102 cm³/mol. The number of furan rings is 1. The molecule has 0 fully saturated rings. The Morgan fingerprint density at radius 3 is 2.46 bits per heavy atom. The number of hydrazone groups is 1. The zero-order chi connectivity index (χ0) is 18.4. The molecule has 0 spiro atoms. The highest BCUT2D eigenvalue weighted by molar-refractivity contribution is 9.10. The third-order valence-electron chi connectivity index (χ3n) is 3.37. The number of nitrogens with one attached hydrogen (secondary N) is 2. The molecule has 0 bridgehead atoms. The summed E-state index contributed by atoms with van der Waals surface area (Å²) in [6, 6.07) is 17.1. The Labute approximate surface area is 158 Å². The number of halogens is 1. The first kappa shape index (κ1) is 17.6. The van der Waals surface area contributed by atoms with Crippen molar-refractivity contribution in [3.8, 4) is 0 Å². The van der Waals surface area contributed by atoms with Crippen LogP contribution in [-0.4, -0.2) is 18.0 Å². The van der Waals surface area contributed by atoms with E-state index in [0.29, 0.717) is 22.6 Å². The quantitative estimate of drug-likeness (QED) is 0.490. The van der Waals surface area contributed by atoms with Crippen molar-refractivity contribution in [2.24, 2.45) is 5.10 Å². The van der Waals surface area contributed by atoms with Gasteiger partial charge in [-0.1, -0.05) is 28.1 Å². The molecule has 130 valence electrons.